The number of rotatable bonds is 6. The molecule has 2 aliphatic heterocycles. The predicted octanol–water partition coefficient (Wildman–Crippen LogP) is 4.73. The zero-order valence-electron chi connectivity index (χ0n) is 19.5. The van der Waals surface area contributed by atoms with Crippen LogP contribution >= 0.6 is 0 Å². The molecule has 0 amide bonds. The molecule has 0 saturated carbocycles. The Morgan fingerprint density at radius 2 is 1.72 bits per heavy atom. The van der Waals surface area contributed by atoms with Crippen molar-refractivity contribution in [3.05, 3.63) is 41.6 Å². The van der Waals surface area contributed by atoms with Crippen molar-refractivity contribution in [2.45, 2.75) is 37.8 Å². The Hall–Kier alpha value is -3.44. The molecule has 36 heavy (non-hydrogen) atoms. The normalized spacial score (nSPS) is 17.8. The minimum absolute atomic E-state index is 0.0511. The number of hydrogen-bond acceptors (Lipinski definition) is 7. The van der Waals surface area contributed by atoms with Gasteiger partial charge in [-0.05, 0) is 42.7 Å². The summed E-state index contributed by atoms with van der Waals surface area (Å²) in [5.41, 5.74) is 6.01. The van der Waals surface area contributed by atoms with Crippen molar-refractivity contribution in [3.63, 3.8) is 0 Å². The van der Waals surface area contributed by atoms with E-state index in [-0.39, 0.29) is 38.0 Å². The second kappa shape index (κ2) is 9.21. The van der Waals surface area contributed by atoms with Crippen LogP contribution in [-0.4, -0.2) is 53.6 Å². The van der Waals surface area contributed by atoms with Crippen molar-refractivity contribution in [3.8, 4) is 0 Å². The van der Waals surface area contributed by atoms with Gasteiger partial charge in [0.1, 0.15) is 11.6 Å². The van der Waals surface area contributed by atoms with Gasteiger partial charge in [-0.2, -0.15) is 18.2 Å². The molecule has 2 saturated heterocycles. The highest BCUT2D eigenvalue weighted by Crippen LogP contribution is 2.33. The highest BCUT2D eigenvalue weighted by atomic mass is 19.4. The maximum Gasteiger partial charge on any atom is 0.416 e. The van der Waals surface area contributed by atoms with Crippen molar-refractivity contribution in [2.24, 2.45) is 0 Å². The first kappa shape index (κ1) is 24.3. The van der Waals surface area contributed by atoms with Crippen molar-refractivity contribution in [1.82, 2.24) is 15.0 Å². The van der Waals surface area contributed by atoms with E-state index in [0.29, 0.717) is 40.6 Å². The van der Waals surface area contributed by atoms with E-state index in [0.717, 1.165) is 31.6 Å². The number of alkyl halides is 5. The third-order valence-corrected chi connectivity index (χ3v) is 6.56. The predicted molar refractivity (Wildman–Crippen MR) is 129 cm³/mol. The summed E-state index contributed by atoms with van der Waals surface area (Å²) in [5, 5.41) is 3.91. The lowest BCUT2D eigenvalue weighted by atomic mass is 10.1. The van der Waals surface area contributed by atoms with Crippen LogP contribution < -0.4 is 20.9 Å². The molecule has 2 aromatic heterocycles. The van der Waals surface area contributed by atoms with E-state index in [4.69, 9.17) is 5.73 Å². The van der Waals surface area contributed by atoms with Gasteiger partial charge in [0.15, 0.2) is 0 Å². The molecule has 2 aliphatic rings. The van der Waals surface area contributed by atoms with Gasteiger partial charge in [0.25, 0.3) is 5.92 Å². The summed E-state index contributed by atoms with van der Waals surface area (Å²) in [7, 11) is 0. The molecule has 1 aromatic carbocycles. The number of nitrogens with two attached hydrogens (primary N) is 1. The number of aromatic nitrogens is 3. The van der Waals surface area contributed by atoms with Gasteiger partial charge in [-0.1, -0.05) is 0 Å². The Labute approximate surface area is 204 Å². The van der Waals surface area contributed by atoms with Gasteiger partial charge >= 0.3 is 6.18 Å². The highest BCUT2D eigenvalue weighted by Gasteiger charge is 2.34. The number of nitrogen functional groups attached to an aromatic ring is 1. The zero-order valence-corrected chi connectivity index (χ0v) is 19.5. The molecule has 0 bridgehead atoms. The van der Waals surface area contributed by atoms with Crippen LogP contribution in [0.5, 0.6) is 0 Å². The van der Waals surface area contributed by atoms with Crippen LogP contribution in [0.3, 0.4) is 0 Å². The van der Waals surface area contributed by atoms with Crippen LogP contribution in [0.25, 0.3) is 10.9 Å². The van der Waals surface area contributed by atoms with Crippen molar-refractivity contribution in [2.75, 3.05) is 53.6 Å². The third kappa shape index (κ3) is 5.21. The van der Waals surface area contributed by atoms with Crippen molar-refractivity contribution < 1.29 is 22.0 Å². The average molecular weight is 508 g/mol. The number of pyridine rings is 1. The summed E-state index contributed by atoms with van der Waals surface area (Å²) in [4.78, 5) is 17.6. The van der Waals surface area contributed by atoms with Crippen molar-refractivity contribution >= 4 is 34.2 Å². The molecule has 5 rings (SSSR count). The van der Waals surface area contributed by atoms with E-state index in [2.05, 4.69) is 20.3 Å². The lowest BCUT2D eigenvalue weighted by molar-refractivity contribution is -0.137. The number of nitrogens with zero attached hydrogens (tertiary/aromatic N) is 5. The second-order valence-corrected chi connectivity index (χ2v) is 9.25. The monoisotopic (exact) mass is 507 g/mol. The first-order valence-corrected chi connectivity index (χ1v) is 11.8. The van der Waals surface area contributed by atoms with Crippen LogP contribution in [0.15, 0.2) is 30.5 Å². The Morgan fingerprint density at radius 1 is 0.972 bits per heavy atom. The molecule has 3 N–H and O–H groups in total. The zero-order chi connectivity index (χ0) is 25.5. The van der Waals surface area contributed by atoms with E-state index in [1.807, 2.05) is 9.80 Å². The molecule has 0 aliphatic carbocycles. The Balaban J connectivity index is 1.40. The second-order valence-electron chi connectivity index (χ2n) is 9.25. The molecular weight excluding hydrogens is 481 g/mol. The van der Waals surface area contributed by atoms with Crippen molar-refractivity contribution in [1.29, 1.82) is 0 Å². The standard InChI is InChI=1S/C24H26F5N7/c25-23(26)3-8-35(9-4-23)20-13-18-19(14-32-20)33-22(36-6-1-7-36)34-21(18)31-5-2-15-10-16(24(27,28)29)12-17(30)11-15/h10-14H,1-9,30H2,(H,31,33,34). The molecule has 4 heterocycles. The molecular formula is C24H26F5N7. The summed E-state index contributed by atoms with van der Waals surface area (Å²) in [5.74, 6) is -1.03. The van der Waals surface area contributed by atoms with E-state index in [9.17, 15) is 22.0 Å². The maximum absolute atomic E-state index is 13.6. The fourth-order valence-electron chi connectivity index (χ4n) is 4.39. The first-order valence-electron chi connectivity index (χ1n) is 11.8. The highest BCUT2D eigenvalue weighted by molar-refractivity contribution is 5.91. The molecule has 2 fully saturated rings. The summed E-state index contributed by atoms with van der Waals surface area (Å²) in [6.45, 7) is 2.36. The lowest BCUT2D eigenvalue weighted by Gasteiger charge is -2.33. The van der Waals surface area contributed by atoms with E-state index in [1.54, 1.807) is 12.3 Å². The summed E-state index contributed by atoms with van der Waals surface area (Å²) in [6, 6.07) is 5.31. The van der Waals surface area contributed by atoms with Gasteiger partial charge in [0.2, 0.25) is 5.95 Å². The van der Waals surface area contributed by atoms with Gasteiger partial charge in [0.05, 0.1) is 17.3 Å². The third-order valence-electron chi connectivity index (χ3n) is 6.56. The SMILES string of the molecule is Nc1cc(CCNc2nc(N3CCC3)nc3cnc(N4CCC(F)(F)CC4)cc23)cc(C(F)(F)F)c1. The Kier molecular flexibility index (Phi) is 6.21. The number of halogens is 5. The smallest absolute Gasteiger partial charge is 0.399 e. The Morgan fingerprint density at radius 3 is 2.39 bits per heavy atom. The van der Waals surface area contributed by atoms with Gasteiger partial charge in [0, 0.05) is 56.6 Å². The first-order chi connectivity index (χ1) is 17.1. The maximum atomic E-state index is 13.6. The minimum Gasteiger partial charge on any atom is -0.399 e. The molecule has 0 spiro atoms. The van der Waals surface area contributed by atoms with E-state index < -0.39 is 17.7 Å². The quantitative estimate of drug-likeness (QED) is 0.369. The van der Waals surface area contributed by atoms with Crippen LogP contribution in [-0.2, 0) is 12.6 Å². The summed E-state index contributed by atoms with van der Waals surface area (Å²) < 4.78 is 66.7. The summed E-state index contributed by atoms with van der Waals surface area (Å²) >= 11 is 0. The molecule has 3 aromatic rings. The number of fused-ring (bicyclic) bond motifs is 1. The van der Waals surface area contributed by atoms with Crippen LogP contribution in [0.2, 0.25) is 0 Å². The fourth-order valence-corrected chi connectivity index (χ4v) is 4.39. The van der Waals surface area contributed by atoms with Gasteiger partial charge in [-0.25, -0.2) is 18.7 Å². The number of benzene rings is 1. The van der Waals surface area contributed by atoms with Crippen LogP contribution in [0.1, 0.15) is 30.4 Å². The lowest BCUT2D eigenvalue weighted by Crippen LogP contribution is -2.39. The van der Waals surface area contributed by atoms with Crippen LogP contribution in [0.4, 0.5) is 45.2 Å². The number of nitrogens with one attached hydrogen (secondary N) is 1. The minimum atomic E-state index is -4.48. The molecule has 192 valence electrons. The fraction of sp³-hybridized carbons (Fsp3) is 0.458. The van der Waals surface area contributed by atoms with E-state index >= 15 is 0 Å². The molecule has 7 nitrogen and oxygen atoms in total. The molecule has 12 heteroatoms. The van der Waals surface area contributed by atoms with Gasteiger partial charge in [-0.15, -0.1) is 0 Å². The van der Waals surface area contributed by atoms with Gasteiger partial charge in [-0.3, -0.25) is 0 Å². The largest absolute Gasteiger partial charge is 0.416 e. The summed E-state index contributed by atoms with van der Waals surface area (Å²) in [6.07, 6.45) is -2.00. The Bertz CT molecular complexity index is 1250. The topological polar surface area (TPSA) is 83.2 Å². The molecule has 0 atom stereocenters. The number of piperidine rings is 1. The van der Waals surface area contributed by atoms with Gasteiger partial charge < -0.3 is 20.9 Å². The molecule has 0 unspecified atom stereocenters. The average Bonchev–Trinajstić information content (AvgIpc) is 2.77. The number of anilines is 4. The molecule has 0 radical (unpaired) electrons. The van der Waals surface area contributed by atoms with E-state index in [1.165, 1.54) is 6.07 Å². The van der Waals surface area contributed by atoms with Crippen LogP contribution in [0, 0.1) is 0 Å². The number of hydrogen-bond donors (Lipinski definition) is 2.